The lowest BCUT2D eigenvalue weighted by Gasteiger charge is -2.32. The van der Waals surface area contributed by atoms with E-state index in [-0.39, 0.29) is 23.9 Å². The quantitative estimate of drug-likeness (QED) is 0.208. The van der Waals surface area contributed by atoms with Crippen LogP contribution in [-0.4, -0.2) is 39.1 Å². The lowest BCUT2D eigenvalue weighted by molar-refractivity contribution is -0.158. The van der Waals surface area contributed by atoms with Crippen molar-refractivity contribution in [1.82, 2.24) is 4.90 Å². The highest BCUT2D eigenvalue weighted by Gasteiger charge is 2.57. The lowest BCUT2D eigenvalue weighted by atomic mass is 10.2. The summed E-state index contributed by atoms with van der Waals surface area (Å²) in [6, 6.07) is 25.3. The molecule has 0 aliphatic rings. The molecule has 0 spiro atoms. The van der Waals surface area contributed by atoms with Gasteiger partial charge in [-0.1, -0.05) is 71.3 Å². The van der Waals surface area contributed by atoms with Crippen LogP contribution in [0.2, 0.25) is 0 Å². The first-order chi connectivity index (χ1) is 17.0. The van der Waals surface area contributed by atoms with Crippen LogP contribution in [0.5, 0.6) is 11.5 Å². The molecular formula is C25H25NO7PS+. The second-order valence-electron chi connectivity index (χ2n) is 7.15. The molecule has 0 radical (unpaired) electrons. The predicted octanol–water partition coefficient (Wildman–Crippen LogP) is 4.71. The molecule has 2 unspecified atom stereocenters. The van der Waals surface area contributed by atoms with E-state index in [4.69, 9.17) is 14.2 Å². The maximum Gasteiger partial charge on any atom is 0.551 e. The van der Waals surface area contributed by atoms with Crippen LogP contribution < -0.4 is 9.47 Å². The third-order valence-electron chi connectivity index (χ3n) is 4.63. The zero-order valence-electron chi connectivity index (χ0n) is 19.0. The molecule has 0 saturated carbocycles. The molecule has 0 aliphatic heterocycles. The molecule has 0 aromatic heterocycles. The van der Waals surface area contributed by atoms with Crippen molar-refractivity contribution in [1.29, 1.82) is 0 Å². The van der Waals surface area contributed by atoms with Crippen LogP contribution in [0.15, 0.2) is 91.0 Å². The Bertz CT molecular complexity index is 1100. The number of esters is 1. The highest BCUT2D eigenvalue weighted by atomic mass is 32.2. The summed E-state index contributed by atoms with van der Waals surface area (Å²) >= 11 is 0. The highest BCUT2D eigenvalue weighted by Crippen LogP contribution is 2.35. The van der Waals surface area contributed by atoms with Crippen LogP contribution in [0, 0.1) is 0 Å². The van der Waals surface area contributed by atoms with Gasteiger partial charge >= 0.3 is 25.3 Å². The van der Waals surface area contributed by atoms with Crippen molar-refractivity contribution >= 4 is 30.5 Å². The third kappa shape index (κ3) is 7.21. The van der Waals surface area contributed by atoms with Gasteiger partial charge < -0.3 is 14.2 Å². The van der Waals surface area contributed by atoms with Gasteiger partial charge in [0, 0.05) is 0 Å². The summed E-state index contributed by atoms with van der Waals surface area (Å²) < 4.78 is 42.8. The molecule has 8 nitrogen and oxygen atoms in total. The van der Waals surface area contributed by atoms with Crippen LogP contribution in [0.1, 0.15) is 12.5 Å². The standard InChI is InChI=1S/C25H24NO7PS/c1-2-31-23(27)18-26(24(28)35(30)19-20-12-6-3-7-13-20)25(34-29,32-21-14-8-4-9-15-21)33-22-16-10-5-11-17-22/h3-17H,2,18-19H2,1H3/p+1. The number of amides is 1. The van der Waals surface area contributed by atoms with Crippen LogP contribution in [-0.2, 0) is 30.6 Å². The van der Waals surface area contributed by atoms with Crippen LogP contribution in [0.4, 0.5) is 4.79 Å². The van der Waals surface area contributed by atoms with E-state index < -0.39 is 42.7 Å². The topological polar surface area (TPSA) is 99.2 Å². The summed E-state index contributed by atoms with van der Waals surface area (Å²) in [7, 11) is -3.57. The van der Waals surface area contributed by atoms with Crippen LogP contribution >= 0.6 is 8.46 Å². The summed E-state index contributed by atoms with van der Waals surface area (Å²) in [5.74, 6) is -0.466. The number of hydrogen-bond donors (Lipinski definition) is 0. The fraction of sp³-hybridized carbons (Fsp3) is 0.200. The van der Waals surface area contributed by atoms with E-state index in [0.29, 0.717) is 5.56 Å². The van der Waals surface area contributed by atoms with Crippen molar-refractivity contribution in [2.75, 3.05) is 13.2 Å². The van der Waals surface area contributed by atoms with Gasteiger partial charge in [-0.2, -0.15) is 0 Å². The van der Waals surface area contributed by atoms with Gasteiger partial charge in [-0.3, -0.25) is 9.59 Å². The third-order valence-corrected chi connectivity index (χ3v) is 6.57. The van der Waals surface area contributed by atoms with Gasteiger partial charge in [-0.05, 0) is 36.8 Å². The molecule has 0 heterocycles. The monoisotopic (exact) mass is 514 g/mol. The van der Waals surface area contributed by atoms with Crippen molar-refractivity contribution < 1.29 is 32.6 Å². The van der Waals surface area contributed by atoms with Gasteiger partial charge in [-0.15, -0.1) is 0 Å². The Morgan fingerprint density at radius 3 is 1.80 bits per heavy atom. The average Bonchev–Trinajstić information content (AvgIpc) is 2.88. The molecule has 3 aromatic rings. The van der Waals surface area contributed by atoms with Crippen LogP contribution in [0.25, 0.3) is 0 Å². The van der Waals surface area contributed by atoms with Gasteiger partial charge in [0.25, 0.3) is 0 Å². The highest BCUT2D eigenvalue weighted by molar-refractivity contribution is 7.99. The molecule has 10 heteroatoms. The van der Waals surface area contributed by atoms with E-state index in [0.717, 1.165) is 4.90 Å². The summed E-state index contributed by atoms with van der Waals surface area (Å²) in [6.07, 6.45) is 0. The number of para-hydroxylation sites is 2. The van der Waals surface area contributed by atoms with Crippen molar-refractivity contribution in [2.24, 2.45) is 0 Å². The normalized spacial score (nSPS) is 11.9. The minimum absolute atomic E-state index is 0.0553. The van der Waals surface area contributed by atoms with Crippen molar-refractivity contribution in [3.63, 3.8) is 0 Å². The predicted molar refractivity (Wildman–Crippen MR) is 133 cm³/mol. The average molecular weight is 515 g/mol. The lowest BCUT2D eigenvalue weighted by Crippen LogP contribution is -2.58. The number of carbonyl (C=O) groups excluding carboxylic acids is 2. The van der Waals surface area contributed by atoms with E-state index in [1.165, 1.54) is 0 Å². The summed E-state index contributed by atoms with van der Waals surface area (Å²) in [6.45, 7) is 0.975. The first-order valence-corrected chi connectivity index (χ1v) is 13.0. The second kappa shape index (κ2) is 12.8. The molecular weight excluding hydrogens is 489 g/mol. The van der Waals surface area contributed by atoms with E-state index in [1.807, 2.05) is 0 Å². The van der Waals surface area contributed by atoms with Gasteiger partial charge in [0.15, 0.2) is 0 Å². The molecule has 1 amide bonds. The van der Waals surface area contributed by atoms with Crippen molar-refractivity contribution in [3.05, 3.63) is 96.6 Å². The Morgan fingerprint density at radius 2 is 1.34 bits per heavy atom. The molecule has 182 valence electrons. The zero-order valence-corrected chi connectivity index (χ0v) is 20.8. The molecule has 3 rings (SSSR count). The minimum Gasteiger partial charge on any atom is -0.465 e. The van der Waals surface area contributed by atoms with Gasteiger partial charge in [-0.25, -0.2) is 9.11 Å². The Labute approximate surface area is 207 Å². The summed E-state index contributed by atoms with van der Waals surface area (Å²) in [5.41, 5.74) is -1.64. The number of ether oxygens (including phenoxy) is 3. The molecule has 0 fully saturated rings. The Morgan fingerprint density at radius 1 is 0.857 bits per heavy atom. The number of hydrogen-bond acceptors (Lipinski definition) is 7. The molecule has 3 aromatic carbocycles. The smallest absolute Gasteiger partial charge is 0.465 e. The maximum absolute atomic E-state index is 13.5. The van der Waals surface area contributed by atoms with Crippen LogP contribution in [0.3, 0.4) is 0 Å². The van der Waals surface area contributed by atoms with E-state index in [1.54, 1.807) is 97.9 Å². The van der Waals surface area contributed by atoms with Gasteiger partial charge in [0.1, 0.15) is 28.8 Å². The van der Waals surface area contributed by atoms with Crippen molar-refractivity contribution in [2.45, 2.75) is 18.3 Å². The molecule has 0 bridgehead atoms. The first-order valence-electron chi connectivity index (χ1n) is 10.7. The van der Waals surface area contributed by atoms with Gasteiger partial charge in [0.2, 0.25) is 0 Å². The van der Waals surface area contributed by atoms with E-state index >= 15 is 0 Å². The second-order valence-corrected chi connectivity index (χ2v) is 9.31. The molecule has 0 saturated heterocycles. The minimum atomic E-state index is -2.29. The largest absolute Gasteiger partial charge is 0.551 e. The number of benzene rings is 3. The molecule has 2 atom stereocenters. The fourth-order valence-corrected chi connectivity index (χ4v) is 4.80. The Balaban J connectivity index is 2.04. The van der Waals surface area contributed by atoms with E-state index in [9.17, 15) is 18.4 Å². The molecule has 35 heavy (non-hydrogen) atoms. The SMILES string of the molecule is CCOC(=O)CN(C(=O)S(=O)Cc1ccccc1)C(Oc1ccccc1)(Oc1ccccc1)[PH+]=O. The number of rotatable bonds is 11. The maximum atomic E-state index is 13.5. The number of nitrogens with zero attached hydrogens (tertiary/aromatic N) is 1. The zero-order chi connectivity index (χ0) is 25.1. The fourth-order valence-electron chi connectivity index (χ4n) is 3.06. The van der Waals surface area contributed by atoms with Gasteiger partial charge in [0.05, 0.1) is 12.4 Å². The molecule has 0 N–H and O–H groups in total. The van der Waals surface area contributed by atoms with Crippen molar-refractivity contribution in [3.8, 4) is 11.5 Å². The molecule has 0 aliphatic carbocycles. The Hall–Kier alpha value is -3.55. The number of carbonyl (C=O) groups is 2. The summed E-state index contributed by atoms with van der Waals surface area (Å²) in [5, 5.41) is -0.989. The first kappa shape index (κ1) is 26.1. The summed E-state index contributed by atoms with van der Waals surface area (Å²) in [4.78, 5) is 26.8. The Kier molecular flexibility index (Phi) is 9.52. The van der Waals surface area contributed by atoms with E-state index in [2.05, 4.69) is 0 Å².